The standard InChI is InChI=1S/C24H24FN3O2/c1-24(2)14-16(15-27-10-12-30-13-11-27)19-4-3-5-20-21(23(29)28(24)22(19)20)26-18-8-6-17(25)7-9-18/h3-9,14H,10-13,15H2,1-2H3. The second-order valence-corrected chi connectivity index (χ2v) is 8.49. The van der Waals surface area contributed by atoms with Crippen LogP contribution in [0.15, 0.2) is 53.5 Å². The molecule has 30 heavy (non-hydrogen) atoms. The lowest BCUT2D eigenvalue weighted by Gasteiger charge is -2.40. The monoisotopic (exact) mass is 405 g/mol. The fourth-order valence-electron chi connectivity index (χ4n) is 4.56. The van der Waals surface area contributed by atoms with Gasteiger partial charge < -0.3 is 4.74 Å². The van der Waals surface area contributed by atoms with E-state index in [0.29, 0.717) is 11.4 Å². The lowest BCUT2D eigenvalue weighted by atomic mass is 9.88. The summed E-state index contributed by atoms with van der Waals surface area (Å²) in [5.74, 6) is -0.439. The van der Waals surface area contributed by atoms with Crippen LogP contribution >= 0.6 is 0 Å². The van der Waals surface area contributed by atoms with Crippen LogP contribution in [0, 0.1) is 5.82 Å². The Labute approximate surface area is 175 Å². The summed E-state index contributed by atoms with van der Waals surface area (Å²) in [5.41, 5.74) is 4.58. The van der Waals surface area contributed by atoms with Gasteiger partial charge in [0.2, 0.25) is 0 Å². The number of halogens is 1. The Kier molecular flexibility index (Phi) is 4.56. The van der Waals surface area contributed by atoms with Crippen LogP contribution in [0.1, 0.15) is 25.0 Å². The molecule has 0 radical (unpaired) electrons. The number of morpholine rings is 1. The Morgan fingerprint density at radius 3 is 2.50 bits per heavy atom. The fourth-order valence-corrected chi connectivity index (χ4v) is 4.56. The average Bonchev–Trinajstić information content (AvgIpc) is 3.02. The molecule has 1 amide bonds. The lowest BCUT2D eigenvalue weighted by Crippen LogP contribution is -2.48. The summed E-state index contributed by atoms with van der Waals surface area (Å²) in [5, 5.41) is 0. The summed E-state index contributed by atoms with van der Waals surface area (Å²) >= 11 is 0. The number of carbonyl (C=O) groups excluding carboxylic acids is 1. The number of benzene rings is 2. The largest absolute Gasteiger partial charge is 0.379 e. The zero-order valence-electron chi connectivity index (χ0n) is 17.2. The lowest BCUT2D eigenvalue weighted by molar-refractivity contribution is -0.112. The zero-order valence-corrected chi connectivity index (χ0v) is 17.2. The Bertz CT molecular complexity index is 1070. The highest BCUT2D eigenvalue weighted by atomic mass is 19.1. The second kappa shape index (κ2) is 7.15. The molecule has 3 aliphatic heterocycles. The van der Waals surface area contributed by atoms with Crippen LogP contribution in [0.25, 0.3) is 5.57 Å². The Morgan fingerprint density at radius 2 is 1.77 bits per heavy atom. The van der Waals surface area contributed by atoms with Gasteiger partial charge in [-0.3, -0.25) is 14.6 Å². The van der Waals surface area contributed by atoms with Crippen LogP contribution in [0.5, 0.6) is 0 Å². The molecular formula is C24H24FN3O2. The number of rotatable bonds is 3. The maximum atomic E-state index is 13.4. The Balaban J connectivity index is 1.59. The minimum atomic E-state index is -0.470. The number of carbonyl (C=O) groups is 1. The Morgan fingerprint density at radius 1 is 1.07 bits per heavy atom. The molecule has 0 N–H and O–H groups in total. The van der Waals surface area contributed by atoms with Gasteiger partial charge in [-0.05, 0) is 43.7 Å². The molecule has 6 heteroatoms. The molecular weight excluding hydrogens is 381 g/mol. The minimum Gasteiger partial charge on any atom is -0.379 e. The van der Waals surface area contributed by atoms with Gasteiger partial charge in [-0.15, -0.1) is 0 Å². The number of amides is 1. The molecule has 0 aromatic heterocycles. The molecule has 154 valence electrons. The number of nitrogens with zero attached hydrogens (tertiary/aromatic N) is 3. The maximum absolute atomic E-state index is 13.4. The van der Waals surface area contributed by atoms with E-state index in [1.165, 1.54) is 17.7 Å². The molecule has 0 bridgehead atoms. The molecule has 0 spiro atoms. The van der Waals surface area contributed by atoms with E-state index in [1.54, 1.807) is 12.1 Å². The fraction of sp³-hybridized carbons (Fsp3) is 0.333. The van der Waals surface area contributed by atoms with Crippen LogP contribution in [0.4, 0.5) is 15.8 Å². The second-order valence-electron chi connectivity index (χ2n) is 8.49. The van der Waals surface area contributed by atoms with Gasteiger partial charge in [-0.2, -0.15) is 0 Å². The van der Waals surface area contributed by atoms with E-state index in [-0.39, 0.29) is 11.7 Å². The van der Waals surface area contributed by atoms with E-state index in [9.17, 15) is 9.18 Å². The van der Waals surface area contributed by atoms with Crippen molar-refractivity contribution in [3.8, 4) is 0 Å². The molecule has 3 heterocycles. The normalized spacial score (nSPS) is 21.7. The molecule has 5 nitrogen and oxygen atoms in total. The van der Waals surface area contributed by atoms with E-state index in [4.69, 9.17) is 4.74 Å². The highest BCUT2D eigenvalue weighted by Gasteiger charge is 2.45. The molecule has 3 aliphatic rings. The molecule has 5 rings (SSSR count). The maximum Gasteiger partial charge on any atom is 0.278 e. The summed E-state index contributed by atoms with van der Waals surface area (Å²) in [6, 6.07) is 11.9. The van der Waals surface area contributed by atoms with Crippen molar-refractivity contribution in [2.24, 2.45) is 4.99 Å². The molecule has 0 saturated carbocycles. The molecule has 2 aromatic rings. The van der Waals surface area contributed by atoms with Gasteiger partial charge in [-0.25, -0.2) is 9.38 Å². The van der Waals surface area contributed by atoms with Gasteiger partial charge in [0.25, 0.3) is 5.91 Å². The van der Waals surface area contributed by atoms with Crippen LogP contribution in [-0.2, 0) is 9.53 Å². The predicted octanol–water partition coefficient (Wildman–Crippen LogP) is 3.80. The third-order valence-corrected chi connectivity index (χ3v) is 5.94. The molecule has 0 aliphatic carbocycles. The number of anilines is 1. The summed E-state index contributed by atoms with van der Waals surface area (Å²) < 4.78 is 18.8. The van der Waals surface area contributed by atoms with Gasteiger partial charge in [0, 0.05) is 30.8 Å². The predicted molar refractivity (Wildman–Crippen MR) is 116 cm³/mol. The van der Waals surface area contributed by atoms with E-state index < -0.39 is 5.54 Å². The molecule has 1 saturated heterocycles. The number of ether oxygens (including phenoxy) is 1. The van der Waals surface area contributed by atoms with E-state index in [1.807, 2.05) is 17.0 Å². The summed E-state index contributed by atoms with van der Waals surface area (Å²) in [7, 11) is 0. The highest BCUT2D eigenvalue weighted by molar-refractivity contribution is 6.55. The number of aliphatic imine (C=N–C) groups is 1. The third kappa shape index (κ3) is 3.16. The smallest absolute Gasteiger partial charge is 0.278 e. The van der Waals surface area contributed by atoms with Crippen molar-refractivity contribution in [1.29, 1.82) is 0 Å². The molecule has 2 aromatic carbocycles. The number of hydrogen-bond acceptors (Lipinski definition) is 4. The first-order valence-electron chi connectivity index (χ1n) is 10.3. The van der Waals surface area contributed by atoms with Gasteiger partial charge in [0.15, 0.2) is 0 Å². The SMILES string of the molecule is CC1(C)C=C(CN2CCOCC2)c2cccc3c2N1C(=O)C3=Nc1ccc(F)cc1. The number of para-hydroxylation sites is 1. The van der Waals surface area contributed by atoms with Gasteiger partial charge in [-0.1, -0.05) is 24.3 Å². The van der Waals surface area contributed by atoms with Crippen molar-refractivity contribution < 1.29 is 13.9 Å². The molecule has 0 atom stereocenters. The average molecular weight is 405 g/mol. The van der Waals surface area contributed by atoms with Crippen LogP contribution in [-0.4, -0.2) is 54.9 Å². The van der Waals surface area contributed by atoms with Crippen LogP contribution < -0.4 is 4.90 Å². The topological polar surface area (TPSA) is 45.1 Å². The first kappa shape index (κ1) is 19.2. The van der Waals surface area contributed by atoms with Crippen molar-refractivity contribution in [2.75, 3.05) is 37.7 Å². The van der Waals surface area contributed by atoms with Crippen molar-refractivity contribution in [3.05, 3.63) is 65.5 Å². The zero-order chi connectivity index (χ0) is 20.9. The summed E-state index contributed by atoms with van der Waals surface area (Å²) in [6.07, 6.45) is 2.20. The van der Waals surface area contributed by atoms with E-state index >= 15 is 0 Å². The van der Waals surface area contributed by atoms with Crippen molar-refractivity contribution >= 4 is 28.6 Å². The van der Waals surface area contributed by atoms with Gasteiger partial charge in [0.05, 0.1) is 30.1 Å². The van der Waals surface area contributed by atoms with Gasteiger partial charge >= 0.3 is 0 Å². The van der Waals surface area contributed by atoms with Crippen LogP contribution in [0.3, 0.4) is 0 Å². The quantitative estimate of drug-likeness (QED) is 0.780. The first-order valence-corrected chi connectivity index (χ1v) is 10.3. The number of hydrogen-bond donors (Lipinski definition) is 0. The van der Waals surface area contributed by atoms with Crippen molar-refractivity contribution in [1.82, 2.24) is 4.90 Å². The summed E-state index contributed by atoms with van der Waals surface area (Å²) in [6.45, 7) is 8.27. The van der Waals surface area contributed by atoms with Crippen molar-refractivity contribution in [2.45, 2.75) is 19.4 Å². The summed E-state index contributed by atoms with van der Waals surface area (Å²) in [4.78, 5) is 22.3. The molecule has 1 fully saturated rings. The highest BCUT2D eigenvalue weighted by Crippen LogP contribution is 2.46. The Hall–Kier alpha value is -2.83. The van der Waals surface area contributed by atoms with Crippen molar-refractivity contribution in [3.63, 3.8) is 0 Å². The van der Waals surface area contributed by atoms with E-state index in [2.05, 4.69) is 35.9 Å². The third-order valence-electron chi connectivity index (χ3n) is 5.94. The molecule has 0 unspecified atom stereocenters. The first-order chi connectivity index (χ1) is 14.4. The van der Waals surface area contributed by atoms with Gasteiger partial charge in [0.1, 0.15) is 11.5 Å². The van der Waals surface area contributed by atoms with Crippen LogP contribution in [0.2, 0.25) is 0 Å². The minimum absolute atomic E-state index is 0.117. The van der Waals surface area contributed by atoms with E-state index in [0.717, 1.165) is 49.7 Å².